The van der Waals surface area contributed by atoms with Gasteiger partial charge in [0, 0.05) is 10.9 Å². The molecular weight excluding hydrogens is 458 g/mol. The van der Waals surface area contributed by atoms with Gasteiger partial charge in [-0.3, -0.25) is 14.5 Å². The van der Waals surface area contributed by atoms with Crippen LogP contribution in [0.1, 0.15) is 0 Å². The third kappa shape index (κ3) is 3.91. The summed E-state index contributed by atoms with van der Waals surface area (Å²) in [5, 5.41) is 1.70. The molecule has 0 aromatic carbocycles. The molecule has 2 aliphatic heterocycles. The molecule has 0 bridgehead atoms. The molecule has 128 valence electrons. The van der Waals surface area contributed by atoms with Crippen molar-refractivity contribution in [3.63, 3.8) is 0 Å². The van der Waals surface area contributed by atoms with Gasteiger partial charge in [0.2, 0.25) is 15.6 Å². The molecule has 0 aromatic heterocycles. The molecule has 2 amide bonds. The second-order valence-electron chi connectivity index (χ2n) is 4.66. The zero-order valence-electron chi connectivity index (χ0n) is 11.3. The standard InChI is InChI=1S/C11H10BrCl3N2O5S/c12-1-5-2-23(21)9-6(16-4-18)8(19)17(9)7(5)10(20)22-3-11(13,14)15/h4,6,9H,1-3H2,(H,16,18)/t6?,9-,23?/m0/s1. The summed E-state index contributed by atoms with van der Waals surface area (Å²) in [6.45, 7) is -0.499. The van der Waals surface area contributed by atoms with E-state index in [-0.39, 0.29) is 16.8 Å². The molecule has 1 saturated heterocycles. The van der Waals surface area contributed by atoms with E-state index in [0.717, 1.165) is 4.90 Å². The van der Waals surface area contributed by atoms with Gasteiger partial charge in [-0.15, -0.1) is 0 Å². The Morgan fingerprint density at radius 3 is 2.74 bits per heavy atom. The van der Waals surface area contributed by atoms with E-state index in [0.29, 0.717) is 12.0 Å². The minimum absolute atomic E-state index is 0.0327. The van der Waals surface area contributed by atoms with Gasteiger partial charge < -0.3 is 14.6 Å². The first kappa shape index (κ1) is 19.1. The first-order chi connectivity index (χ1) is 10.7. The van der Waals surface area contributed by atoms with Gasteiger partial charge in [0.25, 0.3) is 5.91 Å². The van der Waals surface area contributed by atoms with Crippen LogP contribution in [0.5, 0.6) is 0 Å². The van der Waals surface area contributed by atoms with Gasteiger partial charge in [-0.25, -0.2) is 4.79 Å². The lowest BCUT2D eigenvalue weighted by molar-refractivity contribution is -0.152. The van der Waals surface area contributed by atoms with E-state index in [1.165, 1.54) is 0 Å². The van der Waals surface area contributed by atoms with Crippen LogP contribution in [0.25, 0.3) is 0 Å². The summed E-state index contributed by atoms with van der Waals surface area (Å²) >= 11 is 18.3. The quantitative estimate of drug-likeness (QED) is 0.209. The molecule has 2 aliphatic rings. The predicted octanol–water partition coefficient (Wildman–Crippen LogP) is 0.594. The minimum atomic E-state index is -1.79. The van der Waals surface area contributed by atoms with Crippen LogP contribution in [-0.4, -0.2) is 60.6 Å². The summed E-state index contributed by atoms with van der Waals surface area (Å²) in [5.74, 6) is -1.34. The first-order valence-corrected chi connectivity index (χ1v) is 9.76. The summed E-state index contributed by atoms with van der Waals surface area (Å²) in [5.41, 5.74) is 0.404. The number of carbonyl (C=O) groups is 3. The lowest BCUT2D eigenvalue weighted by Crippen LogP contribution is -2.74. The molecule has 0 radical (unpaired) electrons. The topological polar surface area (TPSA) is 98.8 Å². The Balaban J connectivity index is 2.26. The van der Waals surface area contributed by atoms with Crippen molar-refractivity contribution in [2.75, 3.05) is 17.7 Å². The van der Waals surface area contributed by atoms with E-state index in [9.17, 15) is 18.9 Å². The van der Waals surface area contributed by atoms with Crippen molar-refractivity contribution in [2.45, 2.75) is 15.2 Å². The maximum Gasteiger partial charge on any atom is 0.355 e. The van der Waals surface area contributed by atoms with Crippen LogP contribution in [0.4, 0.5) is 0 Å². The van der Waals surface area contributed by atoms with Crippen LogP contribution < -0.4 is 5.32 Å². The summed E-state index contributed by atoms with van der Waals surface area (Å²) in [6, 6.07) is -0.929. The average Bonchev–Trinajstić information content (AvgIpc) is 2.48. The highest BCUT2D eigenvalue weighted by Gasteiger charge is 2.60. The van der Waals surface area contributed by atoms with E-state index in [2.05, 4.69) is 21.2 Å². The van der Waals surface area contributed by atoms with Crippen LogP contribution in [0.15, 0.2) is 11.3 Å². The number of esters is 1. The molecular formula is C11H10BrCl3N2O5S. The summed E-state index contributed by atoms with van der Waals surface area (Å²) in [7, 11) is 0. The molecule has 12 heteroatoms. The molecule has 23 heavy (non-hydrogen) atoms. The number of halogens is 4. The Kier molecular flexibility index (Phi) is 6.13. The monoisotopic (exact) mass is 466 g/mol. The molecule has 2 unspecified atom stereocenters. The highest BCUT2D eigenvalue weighted by atomic mass is 79.9. The number of rotatable bonds is 5. The van der Waals surface area contributed by atoms with Crippen LogP contribution in [0, 0.1) is 0 Å². The zero-order valence-corrected chi connectivity index (χ0v) is 15.9. The Morgan fingerprint density at radius 1 is 1.57 bits per heavy atom. The summed E-state index contributed by atoms with van der Waals surface area (Å²) in [6.07, 6.45) is 0.349. The molecule has 1 N–H and O–H groups in total. The number of hydrogen-bond acceptors (Lipinski definition) is 5. The molecule has 0 spiro atoms. The lowest BCUT2D eigenvalue weighted by Gasteiger charge is -2.48. The van der Waals surface area contributed by atoms with Crippen molar-refractivity contribution in [1.29, 1.82) is 0 Å². The summed E-state index contributed by atoms with van der Waals surface area (Å²) in [4.78, 5) is 36.0. The van der Waals surface area contributed by atoms with E-state index < -0.39 is 44.9 Å². The average molecular weight is 469 g/mol. The molecule has 7 nitrogen and oxygen atoms in total. The normalized spacial score (nSPS) is 27.3. The van der Waals surface area contributed by atoms with Gasteiger partial charge in [0.15, 0.2) is 6.04 Å². The van der Waals surface area contributed by atoms with E-state index in [4.69, 9.17) is 39.5 Å². The number of hydrogen-bond donors (Lipinski definition) is 1. The van der Waals surface area contributed by atoms with E-state index in [1.54, 1.807) is 0 Å². The Morgan fingerprint density at radius 2 is 2.22 bits per heavy atom. The van der Waals surface area contributed by atoms with Gasteiger partial charge in [-0.05, 0) is 11.2 Å². The molecule has 2 heterocycles. The molecule has 2 rings (SSSR count). The number of β-lactam (4-membered cyclic amide) rings is 1. The van der Waals surface area contributed by atoms with Gasteiger partial charge in [-0.1, -0.05) is 50.7 Å². The predicted molar refractivity (Wildman–Crippen MR) is 88.7 cm³/mol. The van der Waals surface area contributed by atoms with E-state index in [1.807, 2.05) is 0 Å². The fraction of sp³-hybridized carbons (Fsp3) is 0.545. The number of amides is 2. The van der Waals surface area contributed by atoms with Gasteiger partial charge in [0.1, 0.15) is 18.1 Å². The van der Waals surface area contributed by atoms with Crippen LogP contribution >= 0.6 is 50.7 Å². The van der Waals surface area contributed by atoms with Gasteiger partial charge in [-0.2, -0.15) is 0 Å². The number of alkyl halides is 4. The SMILES string of the molecule is O=CNC1C(=O)N2C(C(=O)OCC(Cl)(Cl)Cl)=C(CBr)C[S+]([O-])[C@@H]12. The molecule has 1 fully saturated rings. The second kappa shape index (κ2) is 7.37. The highest BCUT2D eigenvalue weighted by molar-refractivity contribution is 9.09. The molecule has 0 aromatic rings. The van der Waals surface area contributed by atoms with Crippen LogP contribution in [-0.2, 0) is 30.3 Å². The fourth-order valence-electron chi connectivity index (χ4n) is 2.25. The Hall–Kier alpha value is -0.190. The third-order valence-corrected chi connectivity index (χ3v) is 5.83. The van der Waals surface area contributed by atoms with Gasteiger partial charge in [0.05, 0.1) is 0 Å². The van der Waals surface area contributed by atoms with Crippen molar-refractivity contribution in [3.05, 3.63) is 11.3 Å². The minimum Gasteiger partial charge on any atom is -0.614 e. The maximum atomic E-state index is 12.3. The molecule has 0 aliphatic carbocycles. The number of fused-ring (bicyclic) bond motifs is 1. The lowest BCUT2D eigenvalue weighted by atomic mass is 10.0. The van der Waals surface area contributed by atoms with Crippen LogP contribution in [0.3, 0.4) is 0 Å². The molecule has 0 saturated carbocycles. The number of nitrogens with one attached hydrogen (secondary N) is 1. The van der Waals surface area contributed by atoms with Crippen molar-refractivity contribution in [3.8, 4) is 0 Å². The number of carbonyl (C=O) groups excluding carboxylic acids is 3. The third-order valence-electron chi connectivity index (χ3n) is 3.17. The van der Waals surface area contributed by atoms with Crippen LogP contribution in [0.2, 0.25) is 0 Å². The molecule has 3 atom stereocenters. The first-order valence-electron chi connectivity index (χ1n) is 6.13. The summed E-state index contributed by atoms with van der Waals surface area (Å²) < 4.78 is 15.4. The van der Waals surface area contributed by atoms with E-state index >= 15 is 0 Å². The maximum absolute atomic E-state index is 12.3. The second-order valence-corrected chi connectivity index (χ2v) is 9.27. The number of nitrogens with zero attached hydrogens (tertiary/aromatic N) is 1. The highest BCUT2D eigenvalue weighted by Crippen LogP contribution is 2.37. The zero-order chi connectivity index (χ0) is 17.4. The fourth-order valence-corrected chi connectivity index (χ4v) is 4.84. The largest absolute Gasteiger partial charge is 0.614 e. The van der Waals surface area contributed by atoms with Gasteiger partial charge >= 0.3 is 5.97 Å². The number of ether oxygens (including phenoxy) is 1. The van der Waals surface area contributed by atoms with Crippen molar-refractivity contribution in [1.82, 2.24) is 10.2 Å². The Labute approximate surface area is 157 Å². The Bertz CT molecular complexity index is 570. The van der Waals surface area contributed by atoms with Crippen molar-refractivity contribution < 1.29 is 23.7 Å². The van der Waals surface area contributed by atoms with Crippen molar-refractivity contribution >= 4 is 80.2 Å². The van der Waals surface area contributed by atoms with Crippen molar-refractivity contribution in [2.24, 2.45) is 0 Å². The smallest absolute Gasteiger partial charge is 0.355 e.